The van der Waals surface area contributed by atoms with Crippen molar-refractivity contribution in [2.75, 3.05) is 5.32 Å². The third-order valence-corrected chi connectivity index (χ3v) is 3.47. The monoisotopic (exact) mass is 355 g/mol. The highest BCUT2D eigenvalue weighted by Gasteiger charge is 2.40. The number of carboxylic acid groups (broad SMARTS) is 1. The number of rotatable bonds is 3. The summed E-state index contributed by atoms with van der Waals surface area (Å²) in [7, 11) is 0. The van der Waals surface area contributed by atoms with E-state index in [4.69, 9.17) is 5.11 Å². The predicted molar refractivity (Wildman–Crippen MR) is 83.9 cm³/mol. The van der Waals surface area contributed by atoms with Gasteiger partial charge in [-0.3, -0.25) is 4.79 Å². The van der Waals surface area contributed by atoms with Gasteiger partial charge in [-0.2, -0.15) is 18.3 Å². The highest BCUT2D eigenvalue weighted by molar-refractivity contribution is 6.01. The predicted octanol–water partition coefficient (Wildman–Crippen LogP) is 3.37. The number of carbonyl (C=O) groups excluding carboxylic acids is 1. The van der Waals surface area contributed by atoms with E-state index >= 15 is 0 Å². The van der Waals surface area contributed by atoms with Crippen LogP contribution in [0.5, 0.6) is 0 Å². The van der Waals surface area contributed by atoms with E-state index in [-0.39, 0.29) is 5.41 Å². The number of halogens is 3. The minimum absolute atomic E-state index is 0.137. The van der Waals surface area contributed by atoms with Gasteiger partial charge >= 0.3 is 18.1 Å². The van der Waals surface area contributed by atoms with Gasteiger partial charge in [0.1, 0.15) is 5.56 Å². The maximum Gasteiger partial charge on any atom is 0.471 e. The van der Waals surface area contributed by atoms with Crippen molar-refractivity contribution in [2.24, 2.45) is 0 Å². The fourth-order valence-corrected chi connectivity index (χ4v) is 2.10. The van der Waals surface area contributed by atoms with Crippen molar-refractivity contribution in [3.63, 3.8) is 0 Å². The standard InChI is InChI=1S/C16H16F3N3O3/c1-15(2,3)9-4-6-10(7-5-9)22-12(11(8-20-22)13(23)24)21-14(25)16(17,18)19/h4-8H,1-3H3,(H,21,25)(H,23,24). The van der Waals surface area contributed by atoms with Crippen LogP contribution in [0.2, 0.25) is 0 Å². The van der Waals surface area contributed by atoms with Gasteiger partial charge in [0.15, 0.2) is 5.82 Å². The van der Waals surface area contributed by atoms with Crippen LogP contribution in [-0.2, 0) is 10.2 Å². The summed E-state index contributed by atoms with van der Waals surface area (Å²) in [6.07, 6.45) is -4.27. The molecule has 0 fully saturated rings. The third kappa shape index (κ3) is 3.98. The molecule has 0 saturated carbocycles. The molecule has 2 aromatic rings. The molecule has 25 heavy (non-hydrogen) atoms. The van der Waals surface area contributed by atoms with Gasteiger partial charge in [-0.25, -0.2) is 9.48 Å². The number of carbonyl (C=O) groups is 2. The Hall–Kier alpha value is -2.84. The molecule has 2 rings (SSSR count). The number of nitrogens with one attached hydrogen (secondary N) is 1. The van der Waals surface area contributed by atoms with Crippen LogP contribution < -0.4 is 5.32 Å². The average molecular weight is 355 g/mol. The maximum atomic E-state index is 12.5. The van der Waals surface area contributed by atoms with E-state index in [0.717, 1.165) is 16.4 Å². The molecule has 0 aliphatic heterocycles. The second kappa shape index (κ2) is 6.23. The van der Waals surface area contributed by atoms with Crippen LogP contribution in [0.1, 0.15) is 36.7 Å². The average Bonchev–Trinajstić information content (AvgIpc) is 2.89. The number of aromatic carboxylic acids is 1. The Morgan fingerprint density at radius 3 is 2.12 bits per heavy atom. The molecule has 1 amide bonds. The molecule has 0 bridgehead atoms. The molecule has 0 aliphatic carbocycles. The van der Waals surface area contributed by atoms with Gasteiger partial charge in [-0.15, -0.1) is 0 Å². The zero-order valence-corrected chi connectivity index (χ0v) is 13.7. The van der Waals surface area contributed by atoms with Crippen LogP contribution in [0.4, 0.5) is 19.0 Å². The van der Waals surface area contributed by atoms with Crippen molar-refractivity contribution in [3.05, 3.63) is 41.6 Å². The SMILES string of the molecule is CC(C)(C)c1ccc(-n2ncc(C(=O)O)c2NC(=O)C(F)(F)F)cc1. The molecule has 0 radical (unpaired) electrons. The minimum Gasteiger partial charge on any atom is -0.477 e. The van der Waals surface area contributed by atoms with Gasteiger partial charge in [-0.05, 0) is 23.1 Å². The lowest BCUT2D eigenvalue weighted by Gasteiger charge is -2.19. The van der Waals surface area contributed by atoms with Gasteiger partial charge in [0.05, 0.1) is 11.9 Å². The summed E-state index contributed by atoms with van der Waals surface area (Å²) in [6, 6.07) is 6.69. The van der Waals surface area contributed by atoms with E-state index in [2.05, 4.69) is 5.10 Å². The van der Waals surface area contributed by atoms with E-state index in [1.807, 2.05) is 20.8 Å². The van der Waals surface area contributed by atoms with Gasteiger partial charge in [0.2, 0.25) is 0 Å². The Labute approximate surface area is 141 Å². The molecule has 2 N–H and O–H groups in total. The molecule has 0 saturated heterocycles. The third-order valence-electron chi connectivity index (χ3n) is 3.47. The number of alkyl halides is 3. The Bertz CT molecular complexity index is 803. The Morgan fingerprint density at radius 2 is 1.68 bits per heavy atom. The highest BCUT2D eigenvalue weighted by atomic mass is 19.4. The molecule has 0 atom stereocenters. The van der Waals surface area contributed by atoms with Crippen molar-refractivity contribution in [3.8, 4) is 5.69 Å². The smallest absolute Gasteiger partial charge is 0.471 e. The summed E-state index contributed by atoms with van der Waals surface area (Å²) >= 11 is 0. The Morgan fingerprint density at radius 1 is 1.12 bits per heavy atom. The number of carboxylic acids is 1. The first-order valence-corrected chi connectivity index (χ1v) is 7.21. The molecule has 1 aromatic carbocycles. The van der Waals surface area contributed by atoms with Crippen molar-refractivity contribution >= 4 is 17.7 Å². The van der Waals surface area contributed by atoms with Crippen molar-refractivity contribution in [1.29, 1.82) is 0 Å². The van der Waals surface area contributed by atoms with Gasteiger partial charge in [-0.1, -0.05) is 32.9 Å². The van der Waals surface area contributed by atoms with E-state index in [0.29, 0.717) is 5.69 Å². The summed E-state index contributed by atoms with van der Waals surface area (Å²) in [5, 5.41) is 14.5. The summed E-state index contributed by atoms with van der Waals surface area (Å²) in [6.45, 7) is 5.98. The topological polar surface area (TPSA) is 84.2 Å². The zero-order chi connectivity index (χ0) is 19.0. The fraction of sp³-hybridized carbons (Fsp3) is 0.312. The van der Waals surface area contributed by atoms with Gasteiger partial charge in [0, 0.05) is 0 Å². The molecule has 6 nitrogen and oxygen atoms in total. The number of benzene rings is 1. The summed E-state index contributed by atoms with van der Waals surface area (Å²) in [4.78, 5) is 22.4. The molecular formula is C16H16F3N3O3. The first-order chi connectivity index (χ1) is 11.4. The lowest BCUT2D eigenvalue weighted by Crippen LogP contribution is -2.31. The highest BCUT2D eigenvalue weighted by Crippen LogP contribution is 2.26. The fourth-order valence-electron chi connectivity index (χ4n) is 2.10. The number of hydrogen-bond acceptors (Lipinski definition) is 3. The summed E-state index contributed by atoms with van der Waals surface area (Å²) < 4.78 is 38.5. The second-order valence-corrected chi connectivity index (χ2v) is 6.37. The Kier molecular flexibility index (Phi) is 4.61. The molecule has 1 heterocycles. The van der Waals surface area contributed by atoms with Crippen LogP contribution in [0.25, 0.3) is 5.69 Å². The minimum atomic E-state index is -5.15. The summed E-state index contributed by atoms with van der Waals surface area (Å²) in [5.74, 6) is -4.34. The van der Waals surface area contributed by atoms with Crippen molar-refractivity contribution in [2.45, 2.75) is 32.4 Å². The number of nitrogens with zero attached hydrogens (tertiary/aromatic N) is 2. The molecule has 0 spiro atoms. The lowest BCUT2D eigenvalue weighted by atomic mass is 9.87. The van der Waals surface area contributed by atoms with Crippen LogP contribution in [0, 0.1) is 0 Å². The van der Waals surface area contributed by atoms with Crippen LogP contribution in [0.3, 0.4) is 0 Å². The largest absolute Gasteiger partial charge is 0.477 e. The lowest BCUT2D eigenvalue weighted by molar-refractivity contribution is -0.167. The van der Waals surface area contributed by atoms with Crippen LogP contribution in [0.15, 0.2) is 30.5 Å². The van der Waals surface area contributed by atoms with E-state index in [9.17, 15) is 22.8 Å². The number of hydrogen-bond donors (Lipinski definition) is 2. The number of amides is 1. The van der Waals surface area contributed by atoms with Gasteiger partial charge in [0.25, 0.3) is 0 Å². The molecular weight excluding hydrogens is 339 g/mol. The molecule has 134 valence electrons. The van der Waals surface area contributed by atoms with Crippen molar-refractivity contribution < 1.29 is 27.9 Å². The quantitative estimate of drug-likeness (QED) is 0.884. The first-order valence-electron chi connectivity index (χ1n) is 7.21. The second-order valence-electron chi connectivity index (χ2n) is 6.37. The van der Waals surface area contributed by atoms with Crippen LogP contribution >= 0.6 is 0 Å². The normalized spacial score (nSPS) is 12.1. The molecule has 0 aliphatic rings. The van der Waals surface area contributed by atoms with Gasteiger partial charge < -0.3 is 10.4 Å². The molecule has 0 unspecified atom stereocenters. The molecule has 9 heteroatoms. The first kappa shape index (κ1) is 18.5. The van der Waals surface area contributed by atoms with Crippen LogP contribution in [-0.4, -0.2) is 32.9 Å². The Balaban J connectivity index is 2.48. The van der Waals surface area contributed by atoms with E-state index in [1.54, 1.807) is 29.6 Å². The molecule has 1 aromatic heterocycles. The van der Waals surface area contributed by atoms with Crippen molar-refractivity contribution in [1.82, 2.24) is 9.78 Å². The number of aromatic nitrogens is 2. The number of anilines is 1. The summed E-state index contributed by atoms with van der Waals surface area (Å²) in [5.41, 5.74) is 0.612. The zero-order valence-electron chi connectivity index (χ0n) is 13.7. The van der Waals surface area contributed by atoms with E-state index in [1.165, 1.54) is 0 Å². The van der Waals surface area contributed by atoms with E-state index < -0.39 is 29.4 Å². The maximum absolute atomic E-state index is 12.5.